The van der Waals surface area contributed by atoms with Gasteiger partial charge in [0, 0.05) is 9.79 Å². The normalized spacial score (nSPS) is 16.1. The number of hydrogen-bond donors (Lipinski definition) is 0. The van der Waals surface area contributed by atoms with Crippen LogP contribution in [0.15, 0.2) is 87.5 Å². The second kappa shape index (κ2) is 9.05. The van der Waals surface area contributed by atoms with Gasteiger partial charge in [-0.1, -0.05) is 72.1 Å². The van der Waals surface area contributed by atoms with Gasteiger partial charge in [-0.3, -0.25) is 19.4 Å². The lowest BCUT2D eigenvalue weighted by Crippen LogP contribution is -2.41. The molecule has 3 aromatic rings. The molecule has 164 valence electrons. The number of nitrogens with zero attached hydrogens (tertiary/aromatic N) is 2. The number of anilines is 2. The minimum absolute atomic E-state index is 0.127. The number of rotatable bonds is 4. The van der Waals surface area contributed by atoms with Crippen LogP contribution in [0.2, 0.25) is 0 Å². The molecule has 0 N–H and O–H groups in total. The highest BCUT2D eigenvalue weighted by atomic mass is 32.2. The predicted molar refractivity (Wildman–Crippen MR) is 137 cm³/mol. The van der Waals surface area contributed by atoms with Crippen LogP contribution in [0.3, 0.4) is 0 Å². The van der Waals surface area contributed by atoms with Gasteiger partial charge < -0.3 is 4.74 Å². The molecule has 5 nitrogen and oxygen atoms in total. The summed E-state index contributed by atoms with van der Waals surface area (Å²) in [5, 5.41) is 0. The second-order valence-electron chi connectivity index (χ2n) is 7.31. The lowest BCUT2D eigenvalue weighted by molar-refractivity contribution is -0.127. The fourth-order valence-corrected chi connectivity index (χ4v) is 5.98. The average molecular weight is 491 g/mol. The van der Waals surface area contributed by atoms with E-state index in [1.807, 2.05) is 72.8 Å². The first-order valence-corrected chi connectivity index (χ1v) is 12.2. The number of carbonyl (C=O) groups excluding carboxylic acids is 2. The zero-order valence-corrected chi connectivity index (χ0v) is 20.0. The van der Waals surface area contributed by atoms with Gasteiger partial charge in [-0.2, -0.15) is 0 Å². The Labute approximate surface area is 205 Å². The third kappa shape index (κ3) is 4.17. The van der Waals surface area contributed by atoms with Crippen LogP contribution < -0.4 is 9.64 Å². The maximum Gasteiger partial charge on any atom is 0.266 e. The number of thiocarbonyl (C=S) groups is 1. The fraction of sp³-hybridized carbons (Fsp3) is 0.0800. The number of benzene rings is 3. The van der Waals surface area contributed by atoms with Crippen molar-refractivity contribution in [2.75, 3.05) is 18.6 Å². The molecular formula is C25H18N2O3S3. The molecule has 0 radical (unpaired) electrons. The molecule has 2 aliphatic heterocycles. The summed E-state index contributed by atoms with van der Waals surface area (Å²) in [6.45, 7) is -0.127. The fourth-order valence-electron chi connectivity index (χ4n) is 3.67. The van der Waals surface area contributed by atoms with Gasteiger partial charge in [-0.15, -0.1) is 0 Å². The average Bonchev–Trinajstić information content (AvgIpc) is 3.10. The van der Waals surface area contributed by atoms with Crippen LogP contribution in [-0.4, -0.2) is 34.7 Å². The zero-order valence-electron chi connectivity index (χ0n) is 17.6. The first kappa shape index (κ1) is 21.8. The summed E-state index contributed by atoms with van der Waals surface area (Å²) in [6.07, 6.45) is 1.78. The molecule has 1 fully saturated rings. The molecule has 2 aliphatic rings. The molecule has 2 heterocycles. The first-order chi connectivity index (χ1) is 16.0. The van der Waals surface area contributed by atoms with E-state index in [0.29, 0.717) is 9.23 Å². The third-order valence-corrected chi connectivity index (χ3v) is 7.77. The summed E-state index contributed by atoms with van der Waals surface area (Å²) >= 11 is 8.30. The highest BCUT2D eigenvalue weighted by molar-refractivity contribution is 8.26. The molecule has 3 aromatic carbocycles. The monoisotopic (exact) mass is 490 g/mol. The maximum absolute atomic E-state index is 13.5. The summed E-state index contributed by atoms with van der Waals surface area (Å²) < 4.78 is 5.56. The number of ether oxygens (including phenoxy) is 1. The topological polar surface area (TPSA) is 49.9 Å². The van der Waals surface area contributed by atoms with Crippen molar-refractivity contribution in [2.45, 2.75) is 9.79 Å². The molecule has 0 unspecified atom stereocenters. The zero-order chi connectivity index (χ0) is 22.9. The molecule has 0 bridgehead atoms. The van der Waals surface area contributed by atoms with Crippen LogP contribution in [0, 0.1) is 0 Å². The molecule has 0 aromatic heterocycles. The molecule has 0 aliphatic carbocycles. The maximum atomic E-state index is 13.5. The molecule has 1 saturated heterocycles. The molecule has 5 rings (SSSR count). The smallest absolute Gasteiger partial charge is 0.266 e. The number of hydrogen-bond acceptors (Lipinski definition) is 6. The van der Waals surface area contributed by atoms with E-state index in [1.54, 1.807) is 29.8 Å². The minimum Gasteiger partial charge on any atom is -0.497 e. The van der Waals surface area contributed by atoms with Crippen LogP contribution >= 0.6 is 35.7 Å². The van der Waals surface area contributed by atoms with Gasteiger partial charge in [-0.25, -0.2) is 0 Å². The highest BCUT2D eigenvalue weighted by Gasteiger charge is 2.36. The number of amides is 2. The summed E-state index contributed by atoms with van der Waals surface area (Å²) in [7, 11) is 1.61. The molecule has 0 saturated carbocycles. The van der Waals surface area contributed by atoms with Crippen LogP contribution in [-0.2, 0) is 9.59 Å². The van der Waals surface area contributed by atoms with Crippen molar-refractivity contribution in [3.8, 4) is 5.75 Å². The summed E-state index contributed by atoms with van der Waals surface area (Å²) in [4.78, 5) is 32.2. The molecule has 0 spiro atoms. The van der Waals surface area contributed by atoms with Crippen LogP contribution in [0.4, 0.5) is 11.4 Å². The quantitative estimate of drug-likeness (QED) is 0.344. The van der Waals surface area contributed by atoms with Gasteiger partial charge in [-0.05, 0) is 48.0 Å². The van der Waals surface area contributed by atoms with E-state index in [9.17, 15) is 9.59 Å². The number of fused-ring (bicyclic) bond motifs is 2. The van der Waals surface area contributed by atoms with E-state index in [1.165, 1.54) is 16.7 Å². The number of methoxy groups -OCH3 is 1. The lowest BCUT2D eigenvalue weighted by atomic mass is 10.2. The van der Waals surface area contributed by atoms with Gasteiger partial charge in [0.15, 0.2) is 0 Å². The van der Waals surface area contributed by atoms with Gasteiger partial charge in [0.1, 0.15) is 16.6 Å². The Balaban J connectivity index is 1.41. The van der Waals surface area contributed by atoms with Crippen molar-refractivity contribution in [3.05, 3.63) is 83.3 Å². The van der Waals surface area contributed by atoms with Crippen molar-refractivity contribution in [3.63, 3.8) is 0 Å². The Hall–Kier alpha value is -3.07. The van der Waals surface area contributed by atoms with Gasteiger partial charge in [0.2, 0.25) is 0 Å². The lowest BCUT2D eigenvalue weighted by Gasteiger charge is -2.32. The Bertz CT molecular complexity index is 1260. The van der Waals surface area contributed by atoms with E-state index < -0.39 is 0 Å². The van der Waals surface area contributed by atoms with Crippen LogP contribution in [0.25, 0.3) is 6.08 Å². The van der Waals surface area contributed by atoms with Gasteiger partial charge >= 0.3 is 0 Å². The van der Waals surface area contributed by atoms with E-state index in [2.05, 4.69) is 0 Å². The Morgan fingerprint density at radius 1 is 0.939 bits per heavy atom. The number of thioether (sulfide) groups is 1. The number of para-hydroxylation sites is 2. The molecule has 2 amide bonds. The summed E-state index contributed by atoms with van der Waals surface area (Å²) in [5.74, 6) is 0.268. The summed E-state index contributed by atoms with van der Waals surface area (Å²) in [5.41, 5.74) is 2.48. The largest absolute Gasteiger partial charge is 0.497 e. The van der Waals surface area contributed by atoms with Gasteiger partial charge in [0.05, 0.1) is 23.4 Å². The standard InChI is InChI=1S/C25H18N2O3S3/c1-30-17-12-10-16(11-13-17)14-22-24(29)26(25(31)33-22)15-23(28)27-18-6-2-4-8-20(18)32-21-9-5-3-7-19(21)27/h2-14H,15H2,1H3/b22-14-. The first-order valence-electron chi connectivity index (χ1n) is 10.1. The van der Waals surface area contributed by atoms with Crippen molar-refractivity contribution in [1.29, 1.82) is 0 Å². The van der Waals surface area contributed by atoms with E-state index in [0.717, 1.165) is 32.5 Å². The molecule has 0 atom stereocenters. The van der Waals surface area contributed by atoms with Crippen molar-refractivity contribution in [1.82, 2.24) is 4.90 Å². The minimum atomic E-state index is -0.262. The second-order valence-corrected chi connectivity index (χ2v) is 10.1. The Kier molecular flexibility index (Phi) is 5.97. The van der Waals surface area contributed by atoms with Crippen molar-refractivity contribution < 1.29 is 14.3 Å². The SMILES string of the molecule is COc1ccc(/C=C2\SC(=S)N(CC(=O)N3c4ccccc4Sc4ccccc43)C2=O)cc1. The summed E-state index contributed by atoms with van der Waals surface area (Å²) in [6, 6.07) is 23.0. The van der Waals surface area contributed by atoms with E-state index in [-0.39, 0.29) is 18.4 Å². The van der Waals surface area contributed by atoms with E-state index in [4.69, 9.17) is 17.0 Å². The van der Waals surface area contributed by atoms with Crippen molar-refractivity contribution in [2.24, 2.45) is 0 Å². The van der Waals surface area contributed by atoms with Crippen LogP contribution in [0.5, 0.6) is 5.75 Å². The predicted octanol–water partition coefficient (Wildman–Crippen LogP) is 5.73. The highest BCUT2D eigenvalue weighted by Crippen LogP contribution is 2.48. The Morgan fingerprint density at radius 3 is 2.15 bits per heavy atom. The molecular weight excluding hydrogens is 472 g/mol. The third-order valence-electron chi connectivity index (χ3n) is 5.26. The Morgan fingerprint density at radius 2 is 1.55 bits per heavy atom. The van der Waals surface area contributed by atoms with Gasteiger partial charge in [0.25, 0.3) is 11.8 Å². The number of carbonyl (C=O) groups is 2. The van der Waals surface area contributed by atoms with E-state index >= 15 is 0 Å². The van der Waals surface area contributed by atoms with Crippen LogP contribution in [0.1, 0.15) is 5.56 Å². The van der Waals surface area contributed by atoms with Crippen molar-refractivity contribution >= 4 is 69.3 Å². The molecule has 33 heavy (non-hydrogen) atoms. The molecule has 8 heteroatoms.